The van der Waals surface area contributed by atoms with Crippen LogP contribution >= 0.6 is 11.6 Å². The third kappa shape index (κ3) is 19.8. The first-order valence-corrected chi connectivity index (χ1v) is 13.8. The second-order valence-corrected chi connectivity index (χ2v) is 9.22. The van der Waals surface area contributed by atoms with E-state index in [9.17, 15) is 0 Å². The number of nitrogens with zero attached hydrogens (tertiary/aromatic N) is 1. The summed E-state index contributed by atoms with van der Waals surface area (Å²) in [5.41, 5.74) is 5.90. The lowest BCUT2D eigenvalue weighted by Gasteiger charge is -2.03. The first-order chi connectivity index (χ1) is 17.2. The van der Waals surface area contributed by atoms with Crippen LogP contribution in [0.3, 0.4) is 0 Å². The lowest BCUT2D eigenvalue weighted by molar-refractivity contribution is 0.749. The van der Waals surface area contributed by atoms with Crippen LogP contribution in [0.5, 0.6) is 0 Å². The topological polar surface area (TPSA) is 36.2 Å². The number of rotatable bonds is 9. The van der Waals surface area contributed by atoms with Gasteiger partial charge in [-0.15, -0.1) is 0 Å². The molecular formula is C33H51ClN2. The lowest BCUT2D eigenvalue weighted by Crippen LogP contribution is -2.01. The standard InChI is InChI=1S/C12H20ClN.C9H11N.C8H10.C4H10/c1-5-7-10(3)8-9-14-12(13)11(4)6-2;1-7-3-4-8(2)9(5-7)6-10;1-2-8-6-4-3-5-7-8;1-3-4-2/h8-9,11H,3,5-7H2,1-2,4H3;3-6,10H,1-2H3;3-7H,2H2,1H3;3-4H2,1-2H3/b9-8-,14-12?;;;. The molecule has 36 heavy (non-hydrogen) atoms. The number of aliphatic imine (C=N–C) groups is 1. The monoisotopic (exact) mass is 510 g/mol. The highest BCUT2D eigenvalue weighted by molar-refractivity contribution is 6.65. The summed E-state index contributed by atoms with van der Waals surface area (Å²) in [4.78, 5) is 4.16. The third-order valence-electron chi connectivity index (χ3n) is 5.44. The van der Waals surface area contributed by atoms with Crippen LogP contribution in [0.2, 0.25) is 0 Å². The van der Waals surface area contributed by atoms with E-state index in [1.807, 2.05) is 38.1 Å². The van der Waals surface area contributed by atoms with Crippen LogP contribution in [-0.2, 0) is 6.42 Å². The molecule has 0 radical (unpaired) electrons. The van der Waals surface area contributed by atoms with Gasteiger partial charge in [-0.05, 0) is 55.9 Å². The molecule has 1 unspecified atom stereocenters. The van der Waals surface area contributed by atoms with E-state index in [1.54, 1.807) is 6.20 Å². The van der Waals surface area contributed by atoms with Crippen LogP contribution in [0.15, 0.2) is 78.0 Å². The number of aryl methyl sites for hydroxylation is 3. The van der Waals surface area contributed by atoms with Crippen molar-refractivity contribution in [3.05, 3.63) is 95.2 Å². The third-order valence-corrected chi connectivity index (χ3v) is 5.91. The second kappa shape index (κ2) is 24.3. The zero-order valence-corrected chi connectivity index (χ0v) is 25.0. The molecule has 200 valence electrons. The fourth-order valence-corrected chi connectivity index (χ4v) is 2.75. The van der Waals surface area contributed by atoms with E-state index in [1.165, 1.54) is 35.7 Å². The summed E-state index contributed by atoms with van der Waals surface area (Å²) in [6.07, 6.45) is 12.0. The molecule has 0 spiro atoms. The van der Waals surface area contributed by atoms with Crippen LogP contribution in [0.25, 0.3) is 0 Å². The molecule has 1 atom stereocenters. The van der Waals surface area contributed by atoms with E-state index in [0.29, 0.717) is 11.1 Å². The van der Waals surface area contributed by atoms with Crippen molar-refractivity contribution in [2.75, 3.05) is 0 Å². The van der Waals surface area contributed by atoms with Crippen molar-refractivity contribution in [2.24, 2.45) is 10.9 Å². The molecule has 0 fully saturated rings. The predicted molar refractivity (Wildman–Crippen MR) is 166 cm³/mol. The summed E-state index contributed by atoms with van der Waals surface area (Å²) in [6, 6.07) is 16.6. The molecule has 2 rings (SSSR count). The van der Waals surface area contributed by atoms with Crippen molar-refractivity contribution in [2.45, 2.75) is 93.9 Å². The Bertz CT molecular complexity index is 880. The predicted octanol–water partition coefficient (Wildman–Crippen LogP) is 10.9. The van der Waals surface area contributed by atoms with Crippen LogP contribution < -0.4 is 0 Å². The molecule has 0 aliphatic carbocycles. The van der Waals surface area contributed by atoms with Crippen molar-refractivity contribution in [1.82, 2.24) is 0 Å². The Morgan fingerprint density at radius 3 is 2.00 bits per heavy atom. The Morgan fingerprint density at radius 2 is 1.58 bits per heavy atom. The van der Waals surface area contributed by atoms with E-state index in [4.69, 9.17) is 17.0 Å². The van der Waals surface area contributed by atoms with Gasteiger partial charge < -0.3 is 5.41 Å². The first kappa shape index (κ1) is 35.7. The average molecular weight is 511 g/mol. The van der Waals surface area contributed by atoms with Gasteiger partial charge in [-0.2, -0.15) is 0 Å². The highest BCUT2D eigenvalue weighted by atomic mass is 35.5. The normalized spacial score (nSPS) is 11.2. The SMILES string of the molecule is C=C(/C=C\N=C(Cl)C(C)CC)CCC.CCCC.CCc1ccccc1.Cc1ccc(C)c(C=N)c1. The summed E-state index contributed by atoms with van der Waals surface area (Å²) in [5, 5.41) is 7.73. The minimum atomic E-state index is 0.348. The number of benzene rings is 2. The van der Waals surface area contributed by atoms with Crippen molar-refractivity contribution in [3.8, 4) is 0 Å². The van der Waals surface area contributed by atoms with Gasteiger partial charge in [-0.25, -0.2) is 4.99 Å². The van der Waals surface area contributed by atoms with E-state index < -0.39 is 0 Å². The zero-order chi connectivity index (χ0) is 27.8. The number of unbranched alkanes of at least 4 members (excludes halogenated alkanes) is 1. The average Bonchev–Trinajstić information content (AvgIpc) is 2.90. The number of hydrogen-bond acceptors (Lipinski definition) is 2. The number of hydrogen-bond donors (Lipinski definition) is 1. The van der Waals surface area contributed by atoms with E-state index in [0.717, 1.165) is 36.8 Å². The Kier molecular flexibility index (Phi) is 24.1. The highest BCUT2D eigenvalue weighted by Crippen LogP contribution is 2.09. The maximum atomic E-state index is 7.06. The summed E-state index contributed by atoms with van der Waals surface area (Å²) in [5.74, 6) is 0.348. The van der Waals surface area contributed by atoms with Gasteiger partial charge in [0.05, 0.1) is 0 Å². The zero-order valence-electron chi connectivity index (χ0n) is 24.2. The maximum Gasteiger partial charge on any atom is 0.109 e. The highest BCUT2D eigenvalue weighted by Gasteiger charge is 2.02. The van der Waals surface area contributed by atoms with Gasteiger partial charge in [0.2, 0.25) is 0 Å². The van der Waals surface area contributed by atoms with Gasteiger partial charge >= 0.3 is 0 Å². The summed E-state index contributed by atoms with van der Waals surface area (Å²) in [6.45, 7) is 20.8. The van der Waals surface area contributed by atoms with Crippen LogP contribution in [0.4, 0.5) is 0 Å². The van der Waals surface area contributed by atoms with E-state index in [2.05, 4.69) is 83.4 Å². The molecule has 3 heteroatoms. The van der Waals surface area contributed by atoms with Crippen molar-refractivity contribution in [1.29, 1.82) is 5.41 Å². The van der Waals surface area contributed by atoms with Crippen molar-refractivity contribution < 1.29 is 0 Å². The molecule has 0 aliphatic heterocycles. The summed E-state index contributed by atoms with van der Waals surface area (Å²) >= 11 is 5.96. The number of nitrogens with one attached hydrogen (secondary N) is 1. The van der Waals surface area contributed by atoms with Crippen LogP contribution in [0.1, 0.15) is 95.9 Å². The smallest absolute Gasteiger partial charge is 0.109 e. The molecule has 0 bridgehead atoms. The van der Waals surface area contributed by atoms with Crippen LogP contribution in [-0.4, -0.2) is 11.4 Å². The molecule has 0 saturated carbocycles. The second-order valence-electron chi connectivity index (χ2n) is 8.83. The number of halogens is 1. The first-order valence-electron chi connectivity index (χ1n) is 13.4. The largest absolute Gasteiger partial charge is 0.308 e. The lowest BCUT2D eigenvalue weighted by atomic mass is 10.1. The van der Waals surface area contributed by atoms with Crippen molar-refractivity contribution >= 4 is 23.0 Å². The minimum Gasteiger partial charge on any atom is -0.308 e. The molecule has 0 aromatic heterocycles. The molecule has 2 aromatic carbocycles. The molecule has 0 aliphatic rings. The van der Waals surface area contributed by atoms with Gasteiger partial charge in [0.1, 0.15) is 5.17 Å². The molecular weight excluding hydrogens is 460 g/mol. The molecule has 0 amide bonds. The summed E-state index contributed by atoms with van der Waals surface area (Å²) in [7, 11) is 0. The van der Waals surface area contributed by atoms with Gasteiger partial charge in [0.15, 0.2) is 0 Å². The molecule has 2 nitrogen and oxygen atoms in total. The Hall–Kier alpha value is -2.45. The van der Waals surface area contributed by atoms with Gasteiger partial charge in [-0.3, -0.25) is 0 Å². The van der Waals surface area contributed by atoms with E-state index >= 15 is 0 Å². The quantitative estimate of drug-likeness (QED) is 0.257. The summed E-state index contributed by atoms with van der Waals surface area (Å²) < 4.78 is 0. The fourth-order valence-electron chi connectivity index (χ4n) is 2.54. The van der Waals surface area contributed by atoms with Gasteiger partial charge in [-0.1, -0.05) is 139 Å². The van der Waals surface area contributed by atoms with Crippen molar-refractivity contribution in [3.63, 3.8) is 0 Å². The Balaban J connectivity index is 0. The molecule has 2 aromatic rings. The fraction of sp³-hybridized carbons (Fsp3) is 0.455. The Labute approximate surface area is 228 Å². The number of allylic oxidation sites excluding steroid dienone is 2. The minimum absolute atomic E-state index is 0.348. The maximum absolute atomic E-state index is 7.06. The molecule has 0 saturated heterocycles. The van der Waals surface area contributed by atoms with Gasteiger partial charge in [0.25, 0.3) is 0 Å². The Morgan fingerprint density at radius 1 is 0.972 bits per heavy atom. The van der Waals surface area contributed by atoms with Gasteiger partial charge in [0, 0.05) is 18.3 Å². The van der Waals surface area contributed by atoms with Crippen LogP contribution in [0, 0.1) is 25.2 Å². The molecule has 0 heterocycles. The van der Waals surface area contributed by atoms with E-state index in [-0.39, 0.29) is 0 Å². The molecule has 1 N–H and O–H groups in total.